The molecule has 2 rings (SSSR count). The Labute approximate surface area is 112 Å². The second-order valence-electron chi connectivity index (χ2n) is 4.49. The number of unbranched alkanes of at least 4 members (excludes halogenated alkanes) is 1. The molecule has 0 unspecified atom stereocenters. The van der Waals surface area contributed by atoms with Gasteiger partial charge in [-0.15, -0.1) is 0 Å². The Morgan fingerprint density at radius 2 is 2.00 bits per heavy atom. The minimum Gasteiger partial charge on any atom is -0.494 e. The van der Waals surface area contributed by atoms with Crippen LogP contribution in [0.2, 0.25) is 0 Å². The Morgan fingerprint density at radius 1 is 1.26 bits per heavy atom. The molecule has 0 aliphatic carbocycles. The fourth-order valence-electron chi connectivity index (χ4n) is 1.82. The van der Waals surface area contributed by atoms with Crippen LogP contribution < -0.4 is 10.1 Å². The van der Waals surface area contributed by atoms with Crippen molar-refractivity contribution in [2.24, 2.45) is 0 Å². The van der Waals surface area contributed by atoms with Gasteiger partial charge in [0, 0.05) is 5.57 Å². The highest BCUT2D eigenvalue weighted by Gasteiger charge is 2.23. The van der Waals surface area contributed by atoms with E-state index in [1.54, 1.807) is 6.08 Å². The van der Waals surface area contributed by atoms with Gasteiger partial charge >= 0.3 is 0 Å². The lowest BCUT2D eigenvalue weighted by Gasteiger charge is -2.05. The van der Waals surface area contributed by atoms with Gasteiger partial charge in [-0.05, 0) is 30.2 Å². The minimum atomic E-state index is -0.298. The van der Waals surface area contributed by atoms with Crippen LogP contribution in [0.5, 0.6) is 5.75 Å². The maximum Gasteiger partial charge on any atom is 0.254 e. The molecule has 1 saturated heterocycles. The van der Waals surface area contributed by atoms with E-state index in [0.29, 0.717) is 12.2 Å². The molecule has 100 valence electrons. The molecule has 1 aliphatic heterocycles. The number of nitrogens with one attached hydrogen (secondary N) is 1. The summed E-state index contributed by atoms with van der Waals surface area (Å²) in [5.41, 5.74) is 1.40. The van der Waals surface area contributed by atoms with Gasteiger partial charge in [0.2, 0.25) is 5.91 Å². The molecule has 2 amide bonds. The maximum absolute atomic E-state index is 11.4. The van der Waals surface area contributed by atoms with Crippen molar-refractivity contribution < 1.29 is 14.3 Å². The van der Waals surface area contributed by atoms with Gasteiger partial charge < -0.3 is 4.74 Å². The van der Waals surface area contributed by atoms with Crippen LogP contribution in [0.3, 0.4) is 0 Å². The first-order valence-electron chi connectivity index (χ1n) is 6.46. The van der Waals surface area contributed by atoms with E-state index < -0.39 is 0 Å². The summed E-state index contributed by atoms with van der Waals surface area (Å²) in [6.07, 6.45) is 4.03. The van der Waals surface area contributed by atoms with Gasteiger partial charge in [-0.1, -0.05) is 25.5 Å². The normalized spacial score (nSPS) is 16.8. The first kappa shape index (κ1) is 13.3. The highest BCUT2D eigenvalue weighted by atomic mass is 16.5. The smallest absolute Gasteiger partial charge is 0.254 e. The topological polar surface area (TPSA) is 55.4 Å². The van der Waals surface area contributed by atoms with Crippen molar-refractivity contribution in [3.05, 3.63) is 35.4 Å². The molecule has 0 aromatic heterocycles. The molecule has 0 bridgehead atoms. The molecule has 1 N–H and O–H groups in total. The zero-order valence-electron chi connectivity index (χ0n) is 10.9. The van der Waals surface area contributed by atoms with Crippen LogP contribution >= 0.6 is 0 Å². The molecule has 4 heteroatoms. The van der Waals surface area contributed by atoms with Gasteiger partial charge in [-0.2, -0.15) is 0 Å². The van der Waals surface area contributed by atoms with Crippen LogP contribution in [0.1, 0.15) is 31.7 Å². The molecule has 1 aromatic rings. The highest BCUT2D eigenvalue weighted by molar-refractivity contribution is 6.15. The summed E-state index contributed by atoms with van der Waals surface area (Å²) in [5.74, 6) is 0.284. The lowest BCUT2D eigenvalue weighted by Crippen LogP contribution is -2.19. The Morgan fingerprint density at radius 3 is 2.58 bits per heavy atom. The molecule has 4 nitrogen and oxygen atoms in total. The van der Waals surface area contributed by atoms with Gasteiger partial charge in [-0.25, -0.2) is 0 Å². The Balaban J connectivity index is 2.00. The van der Waals surface area contributed by atoms with Crippen LogP contribution in [0.4, 0.5) is 0 Å². The molecule has 1 aliphatic rings. The quantitative estimate of drug-likeness (QED) is 0.501. The summed E-state index contributed by atoms with van der Waals surface area (Å²) in [6.45, 7) is 2.83. The zero-order valence-corrected chi connectivity index (χ0v) is 10.9. The van der Waals surface area contributed by atoms with E-state index in [-0.39, 0.29) is 18.2 Å². The monoisotopic (exact) mass is 259 g/mol. The van der Waals surface area contributed by atoms with Gasteiger partial charge in [0.15, 0.2) is 0 Å². The van der Waals surface area contributed by atoms with Crippen molar-refractivity contribution in [2.75, 3.05) is 6.61 Å². The average molecular weight is 259 g/mol. The fourth-order valence-corrected chi connectivity index (χ4v) is 1.82. The first-order chi connectivity index (χ1) is 9.19. The van der Waals surface area contributed by atoms with Crippen molar-refractivity contribution in [2.45, 2.75) is 26.2 Å². The third-order valence-electron chi connectivity index (χ3n) is 2.88. The third-order valence-corrected chi connectivity index (χ3v) is 2.88. The summed E-state index contributed by atoms with van der Waals surface area (Å²) in [4.78, 5) is 22.5. The van der Waals surface area contributed by atoms with Crippen LogP contribution in [0, 0.1) is 0 Å². The first-order valence-corrected chi connectivity index (χ1v) is 6.46. The van der Waals surface area contributed by atoms with E-state index in [2.05, 4.69) is 12.2 Å². The lowest BCUT2D eigenvalue weighted by molar-refractivity contribution is -0.124. The molecular weight excluding hydrogens is 242 g/mol. The van der Waals surface area contributed by atoms with Crippen molar-refractivity contribution >= 4 is 17.9 Å². The molecule has 1 aromatic carbocycles. The molecular formula is C15H17NO3. The van der Waals surface area contributed by atoms with Crippen molar-refractivity contribution in [3.63, 3.8) is 0 Å². The van der Waals surface area contributed by atoms with E-state index in [1.165, 1.54) is 0 Å². The van der Waals surface area contributed by atoms with Gasteiger partial charge in [0.1, 0.15) is 5.75 Å². The standard InChI is InChI=1S/C15H17NO3/c1-2-3-8-19-13-6-4-11(5-7-13)9-12-10-14(17)16-15(12)18/h4-7,9H,2-3,8,10H2,1H3,(H,16,17,18). The predicted molar refractivity (Wildman–Crippen MR) is 72.6 cm³/mol. The number of hydrogen-bond donors (Lipinski definition) is 1. The molecule has 19 heavy (non-hydrogen) atoms. The van der Waals surface area contributed by atoms with Crippen molar-refractivity contribution in [3.8, 4) is 5.75 Å². The largest absolute Gasteiger partial charge is 0.494 e. The number of benzene rings is 1. The number of hydrogen-bond acceptors (Lipinski definition) is 3. The van der Waals surface area contributed by atoms with Crippen molar-refractivity contribution in [1.82, 2.24) is 5.32 Å². The number of carbonyl (C=O) groups excluding carboxylic acids is 2. The van der Waals surface area contributed by atoms with Crippen LogP contribution in [0.15, 0.2) is 29.8 Å². The Hall–Kier alpha value is -2.10. The number of rotatable bonds is 5. The third kappa shape index (κ3) is 3.68. The second-order valence-corrected chi connectivity index (χ2v) is 4.49. The Kier molecular flexibility index (Phi) is 4.34. The Bertz CT molecular complexity index is 503. The molecule has 0 radical (unpaired) electrons. The lowest BCUT2D eigenvalue weighted by atomic mass is 10.1. The number of amides is 2. The molecule has 1 heterocycles. The summed E-state index contributed by atoms with van der Waals surface area (Å²) < 4.78 is 5.56. The van der Waals surface area contributed by atoms with Crippen molar-refractivity contribution in [1.29, 1.82) is 0 Å². The highest BCUT2D eigenvalue weighted by Crippen LogP contribution is 2.18. The fraction of sp³-hybridized carbons (Fsp3) is 0.333. The average Bonchev–Trinajstić information content (AvgIpc) is 2.70. The van der Waals surface area contributed by atoms with Crippen LogP contribution in [-0.4, -0.2) is 18.4 Å². The summed E-state index contributed by atoms with van der Waals surface area (Å²) in [6, 6.07) is 7.50. The van der Waals surface area contributed by atoms with E-state index in [9.17, 15) is 9.59 Å². The minimum absolute atomic E-state index is 0.160. The van der Waals surface area contributed by atoms with E-state index in [1.807, 2.05) is 24.3 Å². The van der Waals surface area contributed by atoms with Gasteiger partial charge in [0.05, 0.1) is 13.0 Å². The SMILES string of the molecule is CCCCOc1ccc(C=C2CC(=O)NC2=O)cc1. The van der Waals surface area contributed by atoms with E-state index in [4.69, 9.17) is 4.74 Å². The number of imide groups is 1. The predicted octanol–water partition coefficient (Wildman–Crippen LogP) is 2.30. The molecule has 0 atom stereocenters. The molecule has 0 saturated carbocycles. The summed E-state index contributed by atoms with van der Waals surface area (Å²) in [7, 11) is 0. The molecule has 0 spiro atoms. The maximum atomic E-state index is 11.4. The van der Waals surface area contributed by atoms with Crippen LogP contribution in [-0.2, 0) is 9.59 Å². The van der Waals surface area contributed by atoms with E-state index >= 15 is 0 Å². The van der Waals surface area contributed by atoms with Gasteiger partial charge in [0.25, 0.3) is 5.91 Å². The molecule has 1 fully saturated rings. The summed E-state index contributed by atoms with van der Waals surface area (Å²) >= 11 is 0. The number of ether oxygens (including phenoxy) is 1. The van der Waals surface area contributed by atoms with Gasteiger partial charge in [-0.3, -0.25) is 14.9 Å². The summed E-state index contributed by atoms with van der Waals surface area (Å²) in [5, 5.41) is 2.26. The number of carbonyl (C=O) groups is 2. The second kappa shape index (κ2) is 6.18. The zero-order chi connectivity index (χ0) is 13.7. The van der Waals surface area contributed by atoms with Crippen LogP contribution in [0.25, 0.3) is 6.08 Å². The van der Waals surface area contributed by atoms with E-state index in [0.717, 1.165) is 24.2 Å².